The van der Waals surface area contributed by atoms with Gasteiger partial charge in [0.05, 0.1) is 6.61 Å². The molecule has 12 heavy (non-hydrogen) atoms. The third-order valence-electron chi connectivity index (χ3n) is 2.51. The van der Waals surface area contributed by atoms with E-state index in [9.17, 15) is 0 Å². The highest BCUT2D eigenvalue weighted by Gasteiger charge is 2.22. The Balaban J connectivity index is 2.20. The number of nitrogens with two attached hydrogens (primary N) is 1. The smallest absolute Gasteiger partial charge is 0.0618 e. The van der Waals surface area contributed by atoms with Gasteiger partial charge in [0.15, 0.2) is 0 Å². The molecule has 3 heteroatoms. The molecule has 1 rings (SSSR count). The minimum Gasteiger partial charge on any atom is -0.383 e. The molecular formula is C9H20N2O. The summed E-state index contributed by atoms with van der Waals surface area (Å²) in [5, 5.41) is 0. The Hall–Kier alpha value is -0.120. The Labute approximate surface area is 74.9 Å². The van der Waals surface area contributed by atoms with Crippen molar-refractivity contribution in [2.45, 2.75) is 25.3 Å². The van der Waals surface area contributed by atoms with E-state index in [4.69, 9.17) is 10.5 Å². The molecule has 3 nitrogen and oxygen atoms in total. The second kappa shape index (κ2) is 5.51. The van der Waals surface area contributed by atoms with Crippen molar-refractivity contribution in [2.75, 3.05) is 33.4 Å². The van der Waals surface area contributed by atoms with Gasteiger partial charge in [-0.1, -0.05) is 0 Å². The van der Waals surface area contributed by atoms with Crippen molar-refractivity contribution in [1.29, 1.82) is 0 Å². The molecule has 0 aromatic rings. The molecule has 0 bridgehead atoms. The first kappa shape index (κ1) is 9.96. The molecular weight excluding hydrogens is 152 g/mol. The maximum absolute atomic E-state index is 5.47. The van der Waals surface area contributed by atoms with E-state index in [0.29, 0.717) is 6.04 Å². The summed E-state index contributed by atoms with van der Waals surface area (Å²) in [5.74, 6) is 0. The van der Waals surface area contributed by atoms with Crippen LogP contribution >= 0.6 is 0 Å². The molecule has 1 aliphatic heterocycles. The van der Waals surface area contributed by atoms with Gasteiger partial charge in [-0.15, -0.1) is 0 Å². The topological polar surface area (TPSA) is 38.5 Å². The van der Waals surface area contributed by atoms with Gasteiger partial charge in [0, 0.05) is 13.2 Å². The summed E-state index contributed by atoms with van der Waals surface area (Å²) in [5.41, 5.74) is 5.47. The number of nitrogens with zero attached hydrogens (tertiary/aromatic N) is 1. The van der Waals surface area contributed by atoms with Gasteiger partial charge in [-0.3, -0.25) is 4.90 Å². The first-order chi connectivity index (χ1) is 5.88. The van der Waals surface area contributed by atoms with E-state index in [0.717, 1.165) is 26.1 Å². The highest BCUT2D eigenvalue weighted by Crippen LogP contribution is 2.16. The molecule has 1 saturated heterocycles. The van der Waals surface area contributed by atoms with Gasteiger partial charge in [-0.05, 0) is 38.9 Å². The Bertz CT molecular complexity index is 119. The van der Waals surface area contributed by atoms with Crippen LogP contribution in [0, 0.1) is 0 Å². The van der Waals surface area contributed by atoms with Crippen LogP contribution in [0.5, 0.6) is 0 Å². The molecule has 1 fully saturated rings. The lowest BCUT2D eigenvalue weighted by Gasteiger charge is -2.23. The van der Waals surface area contributed by atoms with E-state index in [2.05, 4.69) is 4.90 Å². The van der Waals surface area contributed by atoms with Crippen molar-refractivity contribution in [3.05, 3.63) is 0 Å². The number of likely N-dealkylation sites (tertiary alicyclic amines) is 1. The van der Waals surface area contributed by atoms with E-state index in [1.807, 2.05) is 0 Å². The van der Waals surface area contributed by atoms with E-state index >= 15 is 0 Å². The molecule has 0 spiro atoms. The van der Waals surface area contributed by atoms with E-state index in [1.54, 1.807) is 7.11 Å². The molecule has 0 aromatic heterocycles. The van der Waals surface area contributed by atoms with Crippen LogP contribution in [0.15, 0.2) is 0 Å². The van der Waals surface area contributed by atoms with Gasteiger partial charge in [0.2, 0.25) is 0 Å². The minimum absolute atomic E-state index is 0.654. The Morgan fingerprint density at radius 2 is 2.42 bits per heavy atom. The van der Waals surface area contributed by atoms with E-state index < -0.39 is 0 Å². The number of hydrogen-bond donors (Lipinski definition) is 1. The largest absolute Gasteiger partial charge is 0.383 e. The lowest BCUT2D eigenvalue weighted by atomic mass is 10.2. The average Bonchev–Trinajstić information content (AvgIpc) is 2.50. The molecule has 0 aliphatic carbocycles. The quantitative estimate of drug-likeness (QED) is 0.654. The average molecular weight is 172 g/mol. The molecule has 0 aromatic carbocycles. The summed E-state index contributed by atoms with van der Waals surface area (Å²) < 4.78 is 5.16. The fourth-order valence-corrected chi connectivity index (χ4v) is 1.87. The van der Waals surface area contributed by atoms with Crippen LogP contribution in [0.25, 0.3) is 0 Å². The van der Waals surface area contributed by atoms with Crippen LogP contribution in [-0.2, 0) is 4.74 Å². The van der Waals surface area contributed by atoms with E-state index in [-0.39, 0.29) is 0 Å². The maximum atomic E-state index is 5.47. The Morgan fingerprint density at radius 1 is 1.58 bits per heavy atom. The fraction of sp³-hybridized carbons (Fsp3) is 1.00. The standard InChI is InChI=1S/C9H20N2O/c1-12-8-9-4-2-6-11(9)7-3-5-10/h9H,2-8,10H2,1H3/t9-/m1/s1. The highest BCUT2D eigenvalue weighted by molar-refractivity contribution is 4.78. The van der Waals surface area contributed by atoms with Crippen LogP contribution in [0.1, 0.15) is 19.3 Å². The Kier molecular flexibility index (Phi) is 4.58. The second-order valence-corrected chi connectivity index (χ2v) is 3.43. The van der Waals surface area contributed by atoms with Crippen LogP contribution in [0.4, 0.5) is 0 Å². The van der Waals surface area contributed by atoms with Crippen LogP contribution in [0.3, 0.4) is 0 Å². The third kappa shape index (κ3) is 2.73. The second-order valence-electron chi connectivity index (χ2n) is 3.43. The maximum Gasteiger partial charge on any atom is 0.0618 e. The molecule has 1 aliphatic rings. The van der Waals surface area contributed by atoms with Crippen LogP contribution in [-0.4, -0.2) is 44.3 Å². The number of hydrogen-bond acceptors (Lipinski definition) is 3. The van der Waals surface area contributed by atoms with Gasteiger partial charge in [-0.2, -0.15) is 0 Å². The molecule has 1 atom stereocenters. The highest BCUT2D eigenvalue weighted by atomic mass is 16.5. The van der Waals surface area contributed by atoms with Crippen molar-refractivity contribution in [3.63, 3.8) is 0 Å². The molecule has 0 amide bonds. The lowest BCUT2D eigenvalue weighted by Crippen LogP contribution is -2.34. The minimum atomic E-state index is 0.654. The first-order valence-corrected chi connectivity index (χ1v) is 4.81. The molecule has 72 valence electrons. The SMILES string of the molecule is COC[C@H]1CCCN1CCCN. The predicted octanol–water partition coefficient (Wildman–Crippen LogP) is 0.446. The van der Waals surface area contributed by atoms with Gasteiger partial charge >= 0.3 is 0 Å². The summed E-state index contributed by atoms with van der Waals surface area (Å²) in [6, 6.07) is 0.654. The molecule has 0 saturated carbocycles. The summed E-state index contributed by atoms with van der Waals surface area (Å²) >= 11 is 0. The van der Waals surface area contributed by atoms with Gasteiger partial charge in [-0.25, -0.2) is 0 Å². The monoisotopic (exact) mass is 172 g/mol. The van der Waals surface area contributed by atoms with Crippen molar-refractivity contribution in [3.8, 4) is 0 Å². The number of ether oxygens (including phenoxy) is 1. The molecule has 1 heterocycles. The number of methoxy groups -OCH3 is 1. The molecule has 0 unspecified atom stereocenters. The molecule has 2 N–H and O–H groups in total. The van der Waals surface area contributed by atoms with Crippen LogP contribution < -0.4 is 5.73 Å². The van der Waals surface area contributed by atoms with Gasteiger partial charge < -0.3 is 10.5 Å². The third-order valence-corrected chi connectivity index (χ3v) is 2.51. The summed E-state index contributed by atoms with van der Waals surface area (Å²) in [6.07, 6.45) is 3.72. The first-order valence-electron chi connectivity index (χ1n) is 4.81. The Morgan fingerprint density at radius 3 is 3.08 bits per heavy atom. The van der Waals surface area contributed by atoms with Crippen molar-refractivity contribution in [2.24, 2.45) is 5.73 Å². The normalized spacial score (nSPS) is 25.0. The van der Waals surface area contributed by atoms with E-state index in [1.165, 1.54) is 19.4 Å². The predicted molar refractivity (Wildman–Crippen MR) is 50.1 cm³/mol. The van der Waals surface area contributed by atoms with Crippen molar-refractivity contribution in [1.82, 2.24) is 4.90 Å². The van der Waals surface area contributed by atoms with Crippen molar-refractivity contribution >= 4 is 0 Å². The zero-order valence-corrected chi connectivity index (χ0v) is 7.96. The zero-order valence-electron chi connectivity index (χ0n) is 7.96. The fourth-order valence-electron chi connectivity index (χ4n) is 1.87. The lowest BCUT2D eigenvalue weighted by molar-refractivity contribution is 0.115. The number of rotatable bonds is 5. The molecule has 0 radical (unpaired) electrons. The van der Waals surface area contributed by atoms with Crippen LogP contribution in [0.2, 0.25) is 0 Å². The van der Waals surface area contributed by atoms with Gasteiger partial charge in [0.25, 0.3) is 0 Å². The zero-order chi connectivity index (χ0) is 8.81. The van der Waals surface area contributed by atoms with Gasteiger partial charge in [0.1, 0.15) is 0 Å². The summed E-state index contributed by atoms with van der Waals surface area (Å²) in [6.45, 7) is 4.05. The van der Waals surface area contributed by atoms with Crippen molar-refractivity contribution < 1.29 is 4.74 Å². The summed E-state index contributed by atoms with van der Waals surface area (Å²) in [4.78, 5) is 2.50. The summed E-state index contributed by atoms with van der Waals surface area (Å²) in [7, 11) is 1.78.